The lowest BCUT2D eigenvalue weighted by Gasteiger charge is -2.12. The Bertz CT molecular complexity index is 781. The predicted molar refractivity (Wildman–Crippen MR) is 127 cm³/mol. The summed E-state index contributed by atoms with van der Waals surface area (Å²) in [4.78, 5) is 22.1. The van der Waals surface area contributed by atoms with Gasteiger partial charge in [0.25, 0.3) is 0 Å². The number of nitrogens with one attached hydrogen (secondary N) is 3. The third-order valence-electron chi connectivity index (χ3n) is 3.49. The Labute approximate surface area is 189 Å². The van der Waals surface area contributed by atoms with Gasteiger partial charge in [0, 0.05) is 40.7 Å². The number of amides is 1. The average Bonchev–Trinajstić information content (AvgIpc) is 3.00. The molecule has 0 atom stereocenters. The van der Waals surface area contributed by atoms with Crippen LogP contribution in [0.25, 0.3) is 0 Å². The molecule has 0 fully saturated rings. The van der Waals surface area contributed by atoms with Crippen LogP contribution in [0, 0.1) is 13.8 Å². The highest BCUT2D eigenvalue weighted by Gasteiger charge is 2.06. The summed E-state index contributed by atoms with van der Waals surface area (Å²) in [5, 5.41) is 10.3. The summed E-state index contributed by atoms with van der Waals surface area (Å²) in [6.45, 7) is 7.79. The number of thiazole rings is 1. The van der Waals surface area contributed by atoms with E-state index in [1.165, 1.54) is 4.88 Å². The van der Waals surface area contributed by atoms with Crippen LogP contribution < -0.4 is 16.0 Å². The van der Waals surface area contributed by atoms with Crippen LogP contribution >= 0.6 is 51.2 Å². The summed E-state index contributed by atoms with van der Waals surface area (Å²) in [5.74, 6) is 0.655. The number of benzene rings is 1. The molecule has 3 N–H and O–H groups in total. The van der Waals surface area contributed by atoms with E-state index < -0.39 is 0 Å². The molecule has 0 aliphatic rings. The maximum absolute atomic E-state index is 12.1. The third kappa shape index (κ3) is 8.56. The molecule has 1 aromatic heterocycles. The number of anilines is 1. The van der Waals surface area contributed by atoms with Gasteiger partial charge in [0.1, 0.15) is 5.01 Å². The highest BCUT2D eigenvalue weighted by atomic mass is 127. The van der Waals surface area contributed by atoms with Gasteiger partial charge in [0.15, 0.2) is 5.96 Å². The molecule has 6 nitrogen and oxygen atoms in total. The first-order valence-corrected chi connectivity index (χ1v) is 10.1. The molecular formula is C18H25BrIN5OS. The quantitative estimate of drug-likeness (QED) is 0.267. The fraction of sp³-hybridized carbons (Fsp3) is 0.389. The van der Waals surface area contributed by atoms with Crippen LogP contribution in [0.5, 0.6) is 0 Å². The molecule has 2 aromatic rings. The second kappa shape index (κ2) is 12.3. The van der Waals surface area contributed by atoms with Gasteiger partial charge < -0.3 is 16.0 Å². The topological polar surface area (TPSA) is 78.4 Å². The number of hydrogen-bond acceptors (Lipinski definition) is 4. The summed E-state index contributed by atoms with van der Waals surface area (Å²) in [6.07, 6.45) is 2.21. The van der Waals surface area contributed by atoms with E-state index >= 15 is 0 Å². The molecule has 1 aromatic carbocycles. The number of aryl methyl sites for hydroxylation is 2. The zero-order valence-corrected chi connectivity index (χ0v) is 20.4. The first-order chi connectivity index (χ1) is 12.5. The Balaban J connectivity index is 0.00000364. The van der Waals surface area contributed by atoms with Gasteiger partial charge in [-0.3, -0.25) is 4.79 Å². The predicted octanol–water partition coefficient (Wildman–Crippen LogP) is 4.22. The van der Waals surface area contributed by atoms with Crippen LogP contribution in [0.4, 0.5) is 5.69 Å². The maximum atomic E-state index is 12.1. The number of carbonyl (C=O) groups is 1. The van der Waals surface area contributed by atoms with Crippen LogP contribution in [0.2, 0.25) is 0 Å². The smallest absolute Gasteiger partial charge is 0.226 e. The van der Waals surface area contributed by atoms with E-state index in [2.05, 4.69) is 41.9 Å². The summed E-state index contributed by atoms with van der Waals surface area (Å²) in [7, 11) is 0. The Morgan fingerprint density at radius 2 is 2.07 bits per heavy atom. The lowest BCUT2D eigenvalue weighted by atomic mass is 10.2. The van der Waals surface area contributed by atoms with Gasteiger partial charge in [-0.15, -0.1) is 35.3 Å². The minimum atomic E-state index is -0.0330. The van der Waals surface area contributed by atoms with E-state index in [0.29, 0.717) is 25.5 Å². The number of nitrogens with zero attached hydrogens (tertiary/aromatic N) is 2. The van der Waals surface area contributed by atoms with E-state index in [-0.39, 0.29) is 29.9 Å². The van der Waals surface area contributed by atoms with E-state index in [4.69, 9.17) is 0 Å². The fourth-order valence-corrected chi connectivity index (χ4v) is 3.42. The van der Waals surface area contributed by atoms with Crippen molar-refractivity contribution in [3.63, 3.8) is 0 Å². The molecule has 0 saturated carbocycles. The molecule has 0 saturated heterocycles. The Hall–Kier alpha value is -1.20. The molecule has 0 aliphatic carbocycles. The fourth-order valence-electron chi connectivity index (χ4n) is 2.24. The number of aromatic nitrogens is 1. The number of guanidine groups is 1. The zero-order chi connectivity index (χ0) is 18.9. The van der Waals surface area contributed by atoms with Gasteiger partial charge in [0.2, 0.25) is 5.91 Å². The minimum Gasteiger partial charge on any atom is -0.357 e. The normalized spacial score (nSPS) is 10.9. The molecule has 1 amide bonds. The Kier molecular flexibility index (Phi) is 10.9. The van der Waals surface area contributed by atoms with Crippen molar-refractivity contribution in [3.05, 3.63) is 44.3 Å². The molecule has 2 rings (SSSR count). The number of carbonyl (C=O) groups excluding carboxylic acids is 1. The van der Waals surface area contributed by atoms with Gasteiger partial charge in [-0.2, -0.15) is 0 Å². The summed E-state index contributed by atoms with van der Waals surface area (Å²) < 4.78 is 0.997. The van der Waals surface area contributed by atoms with Crippen LogP contribution in [0.15, 0.2) is 33.9 Å². The van der Waals surface area contributed by atoms with Gasteiger partial charge in [-0.1, -0.05) is 15.9 Å². The number of rotatable bonds is 7. The zero-order valence-electron chi connectivity index (χ0n) is 15.6. The van der Waals surface area contributed by atoms with E-state index in [9.17, 15) is 4.79 Å². The van der Waals surface area contributed by atoms with Crippen molar-refractivity contribution < 1.29 is 4.79 Å². The Morgan fingerprint density at radius 3 is 2.70 bits per heavy atom. The number of halogens is 2. The van der Waals surface area contributed by atoms with Crippen LogP contribution in [-0.4, -0.2) is 29.9 Å². The van der Waals surface area contributed by atoms with Gasteiger partial charge in [-0.05, 0) is 44.5 Å². The first kappa shape index (κ1) is 23.8. The minimum absolute atomic E-state index is 0. The van der Waals surface area contributed by atoms with Crippen molar-refractivity contribution in [2.75, 3.05) is 18.4 Å². The number of aliphatic imine (C=N–C) groups is 1. The molecule has 9 heteroatoms. The molecule has 1 heterocycles. The van der Waals surface area contributed by atoms with Crippen molar-refractivity contribution in [1.29, 1.82) is 0 Å². The maximum Gasteiger partial charge on any atom is 0.226 e. The van der Waals surface area contributed by atoms with Crippen LogP contribution in [0.1, 0.15) is 28.8 Å². The lowest BCUT2D eigenvalue weighted by molar-refractivity contribution is -0.116. The van der Waals surface area contributed by atoms with Crippen molar-refractivity contribution >= 4 is 68.8 Å². The second-order valence-electron chi connectivity index (χ2n) is 5.74. The van der Waals surface area contributed by atoms with Crippen molar-refractivity contribution in [1.82, 2.24) is 15.6 Å². The standard InChI is InChI=1S/C18H24BrN5OS.HI/c1-4-20-18(23-11-17-22-10-13(3)26-17)21-8-7-16(25)24-15-6-5-14(19)9-12(15)2;/h5-6,9-10H,4,7-8,11H2,1-3H3,(H,24,25)(H2,20,21,23);1H. The second-order valence-corrected chi connectivity index (χ2v) is 7.98. The highest BCUT2D eigenvalue weighted by Crippen LogP contribution is 2.20. The summed E-state index contributed by atoms with van der Waals surface area (Å²) in [5.41, 5.74) is 1.85. The highest BCUT2D eigenvalue weighted by molar-refractivity contribution is 14.0. The summed E-state index contributed by atoms with van der Waals surface area (Å²) >= 11 is 5.06. The molecule has 27 heavy (non-hydrogen) atoms. The molecule has 0 aliphatic heterocycles. The molecule has 0 bridgehead atoms. The summed E-state index contributed by atoms with van der Waals surface area (Å²) in [6, 6.07) is 5.79. The monoisotopic (exact) mass is 565 g/mol. The van der Waals surface area contributed by atoms with E-state index in [1.54, 1.807) is 11.3 Å². The average molecular weight is 566 g/mol. The molecule has 148 valence electrons. The number of hydrogen-bond donors (Lipinski definition) is 3. The third-order valence-corrected chi connectivity index (χ3v) is 4.88. The molecular weight excluding hydrogens is 541 g/mol. The molecule has 0 radical (unpaired) electrons. The Morgan fingerprint density at radius 1 is 1.30 bits per heavy atom. The van der Waals surface area contributed by atoms with Gasteiger partial charge in [0.05, 0.1) is 6.54 Å². The van der Waals surface area contributed by atoms with Crippen molar-refractivity contribution in [2.24, 2.45) is 4.99 Å². The van der Waals surface area contributed by atoms with Crippen LogP contribution in [0.3, 0.4) is 0 Å². The SMILES string of the molecule is CCNC(=NCc1ncc(C)s1)NCCC(=O)Nc1ccc(Br)cc1C.I. The first-order valence-electron chi connectivity index (χ1n) is 8.47. The van der Waals surface area contributed by atoms with Gasteiger partial charge >= 0.3 is 0 Å². The van der Waals surface area contributed by atoms with Crippen LogP contribution in [-0.2, 0) is 11.3 Å². The van der Waals surface area contributed by atoms with Crippen molar-refractivity contribution in [3.8, 4) is 0 Å². The van der Waals surface area contributed by atoms with Gasteiger partial charge in [-0.25, -0.2) is 9.98 Å². The largest absolute Gasteiger partial charge is 0.357 e. The lowest BCUT2D eigenvalue weighted by Crippen LogP contribution is -2.38. The molecule has 0 spiro atoms. The molecule has 0 unspecified atom stereocenters. The van der Waals surface area contributed by atoms with E-state index in [0.717, 1.165) is 27.3 Å². The van der Waals surface area contributed by atoms with Crippen molar-refractivity contribution in [2.45, 2.75) is 33.7 Å². The van der Waals surface area contributed by atoms with E-state index in [1.807, 2.05) is 45.2 Å².